The molecule has 3 aromatic heterocycles. The van der Waals surface area contributed by atoms with Crippen molar-refractivity contribution in [2.75, 3.05) is 5.32 Å². The number of anilines is 1. The molecule has 0 saturated heterocycles. The van der Waals surface area contributed by atoms with E-state index < -0.39 is 5.41 Å². The predicted molar refractivity (Wildman–Crippen MR) is 109 cm³/mol. The highest BCUT2D eigenvalue weighted by atomic mass is 32.2. The summed E-state index contributed by atoms with van der Waals surface area (Å²) in [6, 6.07) is 4.10. The third-order valence-electron chi connectivity index (χ3n) is 4.52. The lowest BCUT2D eigenvalue weighted by Crippen LogP contribution is -2.37. The molecule has 0 radical (unpaired) electrons. The number of aryl methyl sites for hydroxylation is 1. The number of hydrogen-bond acceptors (Lipinski definition) is 8. The maximum atomic E-state index is 13.0. The number of nitrogens with one attached hydrogen (secondary N) is 1. The number of hydrogen-bond donors (Lipinski definition) is 1. The first-order chi connectivity index (χ1) is 12.7. The molecule has 1 aliphatic carbocycles. The summed E-state index contributed by atoms with van der Waals surface area (Å²) < 4.78 is 0.850. The standard InChI is InChI=1S/C17H18N4OS4/c1-11-18-12(9-24-11)10-25-16-21-20-15(26-16)19-14(22)17(6-2-3-7-17)13-5-4-8-23-13/h4-5,8-9H,2-3,6-7,10H2,1H3,(H,19,20,22). The van der Waals surface area contributed by atoms with E-state index in [9.17, 15) is 4.79 Å². The van der Waals surface area contributed by atoms with Gasteiger partial charge in [-0.05, 0) is 31.2 Å². The summed E-state index contributed by atoms with van der Waals surface area (Å²) in [5.74, 6) is 0.826. The van der Waals surface area contributed by atoms with Crippen molar-refractivity contribution in [1.82, 2.24) is 15.2 Å². The van der Waals surface area contributed by atoms with Crippen LogP contribution in [0.5, 0.6) is 0 Å². The minimum Gasteiger partial charge on any atom is -0.300 e. The zero-order chi connectivity index (χ0) is 18.0. The van der Waals surface area contributed by atoms with E-state index >= 15 is 0 Å². The topological polar surface area (TPSA) is 67.8 Å². The van der Waals surface area contributed by atoms with Crippen LogP contribution in [0, 0.1) is 6.92 Å². The Balaban J connectivity index is 1.42. The second-order valence-corrected chi connectivity index (χ2v) is 10.5. The van der Waals surface area contributed by atoms with Crippen molar-refractivity contribution in [2.45, 2.75) is 48.1 Å². The normalized spacial score (nSPS) is 16.0. The Bertz CT molecular complexity index is 880. The third kappa shape index (κ3) is 3.71. The van der Waals surface area contributed by atoms with E-state index in [4.69, 9.17) is 0 Å². The highest BCUT2D eigenvalue weighted by molar-refractivity contribution is 8.00. The highest BCUT2D eigenvalue weighted by Crippen LogP contribution is 2.44. The molecule has 1 N–H and O–H groups in total. The summed E-state index contributed by atoms with van der Waals surface area (Å²) in [6.07, 6.45) is 4.00. The lowest BCUT2D eigenvalue weighted by molar-refractivity contribution is -0.121. The predicted octanol–water partition coefficient (Wildman–Crippen LogP) is 5.11. The quantitative estimate of drug-likeness (QED) is 0.442. The Morgan fingerprint density at radius 2 is 2.15 bits per heavy atom. The zero-order valence-electron chi connectivity index (χ0n) is 14.2. The zero-order valence-corrected chi connectivity index (χ0v) is 17.5. The van der Waals surface area contributed by atoms with Gasteiger partial charge < -0.3 is 0 Å². The fourth-order valence-electron chi connectivity index (χ4n) is 3.26. The van der Waals surface area contributed by atoms with Crippen LogP contribution in [0.2, 0.25) is 0 Å². The lowest BCUT2D eigenvalue weighted by Gasteiger charge is -2.25. The Morgan fingerprint density at radius 3 is 2.85 bits per heavy atom. The van der Waals surface area contributed by atoms with Gasteiger partial charge in [-0.25, -0.2) is 4.98 Å². The minimum absolute atomic E-state index is 0.0558. The van der Waals surface area contributed by atoms with Crippen LogP contribution in [0.3, 0.4) is 0 Å². The number of rotatable bonds is 6. The first-order valence-electron chi connectivity index (χ1n) is 8.38. The van der Waals surface area contributed by atoms with Crippen molar-refractivity contribution in [2.24, 2.45) is 0 Å². The van der Waals surface area contributed by atoms with E-state index in [-0.39, 0.29) is 5.91 Å². The van der Waals surface area contributed by atoms with Crippen molar-refractivity contribution in [3.05, 3.63) is 38.5 Å². The number of carbonyl (C=O) groups is 1. The number of nitrogens with zero attached hydrogens (tertiary/aromatic N) is 3. The fraction of sp³-hybridized carbons (Fsp3) is 0.412. The van der Waals surface area contributed by atoms with E-state index in [0.29, 0.717) is 5.13 Å². The van der Waals surface area contributed by atoms with Gasteiger partial charge >= 0.3 is 0 Å². The molecule has 9 heteroatoms. The number of thiazole rings is 1. The van der Waals surface area contributed by atoms with Crippen LogP contribution < -0.4 is 5.32 Å². The van der Waals surface area contributed by atoms with Crippen molar-refractivity contribution in [3.8, 4) is 0 Å². The molecule has 0 aromatic carbocycles. The third-order valence-corrected chi connectivity index (χ3v) is 8.42. The van der Waals surface area contributed by atoms with Gasteiger partial charge in [0.15, 0.2) is 4.34 Å². The second kappa shape index (κ2) is 7.75. The summed E-state index contributed by atoms with van der Waals surface area (Å²) >= 11 is 6.35. The first-order valence-corrected chi connectivity index (χ1v) is 11.9. The van der Waals surface area contributed by atoms with Crippen molar-refractivity contribution in [3.63, 3.8) is 0 Å². The monoisotopic (exact) mass is 422 g/mol. The summed E-state index contributed by atoms with van der Waals surface area (Å²) in [6.45, 7) is 2.00. The van der Waals surface area contributed by atoms with Gasteiger partial charge in [0.05, 0.1) is 16.1 Å². The molecule has 1 aliphatic rings. The van der Waals surface area contributed by atoms with Crippen LogP contribution >= 0.6 is 45.8 Å². The van der Waals surface area contributed by atoms with Gasteiger partial charge in [-0.2, -0.15) is 0 Å². The van der Waals surface area contributed by atoms with Gasteiger partial charge in [-0.1, -0.05) is 42.0 Å². The van der Waals surface area contributed by atoms with Crippen molar-refractivity contribution < 1.29 is 4.79 Å². The van der Waals surface area contributed by atoms with E-state index in [1.165, 1.54) is 11.3 Å². The molecule has 1 amide bonds. The molecule has 3 heterocycles. The van der Waals surface area contributed by atoms with Gasteiger partial charge in [-0.3, -0.25) is 10.1 Å². The van der Waals surface area contributed by atoms with E-state index in [0.717, 1.165) is 51.4 Å². The lowest BCUT2D eigenvalue weighted by atomic mass is 9.83. The van der Waals surface area contributed by atoms with Crippen molar-refractivity contribution >= 4 is 56.8 Å². The van der Waals surface area contributed by atoms with E-state index in [1.54, 1.807) is 34.4 Å². The van der Waals surface area contributed by atoms with Gasteiger partial charge in [0, 0.05) is 16.0 Å². The highest BCUT2D eigenvalue weighted by Gasteiger charge is 2.43. The molecule has 3 aromatic rings. The van der Waals surface area contributed by atoms with Crippen LogP contribution in [0.25, 0.3) is 0 Å². The molecule has 0 atom stereocenters. The molecular weight excluding hydrogens is 404 g/mol. The molecule has 0 aliphatic heterocycles. The van der Waals surface area contributed by atoms with Crippen LogP contribution in [0.4, 0.5) is 5.13 Å². The minimum atomic E-state index is -0.398. The van der Waals surface area contributed by atoms with Gasteiger partial charge in [0.25, 0.3) is 0 Å². The van der Waals surface area contributed by atoms with Gasteiger partial charge in [0.1, 0.15) is 0 Å². The smallest absolute Gasteiger partial charge is 0.237 e. The summed E-state index contributed by atoms with van der Waals surface area (Å²) in [5.41, 5.74) is 0.659. The fourth-order valence-corrected chi connectivity index (χ4v) is 6.60. The van der Waals surface area contributed by atoms with Crippen molar-refractivity contribution in [1.29, 1.82) is 0 Å². The van der Waals surface area contributed by atoms with Crippen LogP contribution in [0.15, 0.2) is 27.2 Å². The van der Waals surface area contributed by atoms with Gasteiger partial charge in [0.2, 0.25) is 11.0 Å². The molecule has 1 saturated carbocycles. The summed E-state index contributed by atoms with van der Waals surface area (Å²) in [5, 5.41) is 17.1. The van der Waals surface area contributed by atoms with E-state index in [2.05, 4.69) is 31.9 Å². The number of aromatic nitrogens is 3. The number of carbonyl (C=O) groups excluding carboxylic acids is 1. The Labute approximate surface area is 168 Å². The molecule has 0 bridgehead atoms. The average molecular weight is 423 g/mol. The SMILES string of the molecule is Cc1nc(CSc2nnc(NC(=O)C3(c4cccs4)CCCC3)s2)cs1. The van der Waals surface area contributed by atoms with Crippen LogP contribution in [-0.4, -0.2) is 21.1 Å². The van der Waals surface area contributed by atoms with Crippen LogP contribution in [-0.2, 0) is 16.0 Å². The van der Waals surface area contributed by atoms with Gasteiger partial charge in [-0.15, -0.1) is 32.9 Å². The molecule has 5 nitrogen and oxygen atoms in total. The maximum absolute atomic E-state index is 13.0. The second-order valence-electron chi connectivity index (χ2n) is 6.24. The average Bonchev–Trinajstić information content (AvgIpc) is 3.40. The molecule has 0 unspecified atom stereocenters. The molecular formula is C17H18N4OS4. The van der Waals surface area contributed by atoms with E-state index in [1.807, 2.05) is 18.4 Å². The Hall–Kier alpha value is -1.29. The number of thiophene rings is 1. The molecule has 4 rings (SSSR count). The largest absolute Gasteiger partial charge is 0.300 e. The van der Waals surface area contributed by atoms with Crippen LogP contribution in [0.1, 0.15) is 41.3 Å². The molecule has 0 spiro atoms. The Morgan fingerprint density at radius 1 is 1.31 bits per heavy atom. The first kappa shape index (κ1) is 18.1. The molecule has 1 fully saturated rings. The number of thioether (sulfide) groups is 1. The Kier molecular flexibility index (Phi) is 5.40. The maximum Gasteiger partial charge on any atom is 0.237 e. The summed E-state index contributed by atoms with van der Waals surface area (Å²) in [4.78, 5) is 18.7. The molecule has 26 heavy (non-hydrogen) atoms. The summed E-state index contributed by atoms with van der Waals surface area (Å²) in [7, 11) is 0. The molecule has 136 valence electrons. The number of amides is 1.